The van der Waals surface area contributed by atoms with E-state index < -0.39 is 0 Å². The highest BCUT2D eigenvalue weighted by Crippen LogP contribution is 2.13. The summed E-state index contributed by atoms with van der Waals surface area (Å²) in [6, 6.07) is 1.96. The van der Waals surface area contributed by atoms with Gasteiger partial charge in [-0.3, -0.25) is 0 Å². The second kappa shape index (κ2) is 4.29. The van der Waals surface area contributed by atoms with Gasteiger partial charge in [-0.05, 0) is 12.0 Å². The number of hydrogen-bond donors (Lipinski definition) is 1. The van der Waals surface area contributed by atoms with Crippen molar-refractivity contribution in [2.75, 3.05) is 11.9 Å². The van der Waals surface area contributed by atoms with E-state index >= 15 is 0 Å². The maximum atomic E-state index is 4.31. The summed E-state index contributed by atoms with van der Waals surface area (Å²) in [6.45, 7) is 5.37. The van der Waals surface area contributed by atoms with Crippen LogP contribution in [0, 0.1) is 5.92 Å². The lowest BCUT2D eigenvalue weighted by Gasteiger charge is -2.11. The monoisotopic (exact) mass is 204 g/mol. The Labute approximate surface area is 89.3 Å². The molecule has 0 aliphatic carbocycles. The lowest BCUT2D eigenvalue weighted by atomic mass is 10.1. The lowest BCUT2D eigenvalue weighted by molar-refractivity contribution is 0.592. The highest BCUT2D eigenvalue weighted by atomic mass is 15.2. The summed E-state index contributed by atoms with van der Waals surface area (Å²) in [6.07, 6.45) is 6.57. The molecule has 0 saturated heterocycles. The van der Waals surface area contributed by atoms with Crippen LogP contribution in [0.15, 0.2) is 24.7 Å². The van der Waals surface area contributed by atoms with Crippen LogP contribution in [-0.4, -0.2) is 21.1 Å². The van der Waals surface area contributed by atoms with Gasteiger partial charge in [0.25, 0.3) is 0 Å². The van der Waals surface area contributed by atoms with Crippen LogP contribution < -0.4 is 5.32 Å². The van der Waals surface area contributed by atoms with E-state index in [2.05, 4.69) is 29.2 Å². The zero-order chi connectivity index (χ0) is 10.7. The zero-order valence-corrected chi connectivity index (χ0v) is 9.14. The molecule has 1 N–H and O–H groups in total. The topological polar surface area (TPSA) is 42.2 Å². The summed E-state index contributed by atoms with van der Waals surface area (Å²) >= 11 is 0. The summed E-state index contributed by atoms with van der Waals surface area (Å²) in [5, 5.41) is 7.52. The number of nitrogens with one attached hydrogen (secondary N) is 1. The Balaban J connectivity index is 2.17. The molecular weight excluding hydrogens is 188 g/mol. The molecule has 1 atom stereocenters. The molecule has 80 valence electrons. The van der Waals surface area contributed by atoms with Gasteiger partial charge in [-0.15, -0.1) is 0 Å². The Bertz CT molecular complexity index is 435. The lowest BCUT2D eigenvalue weighted by Crippen LogP contribution is -2.12. The smallest absolute Gasteiger partial charge is 0.152 e. The summed E-state index contributed by atoms with van der Waals surface area (Å²) < 4.78 is 1.83. The highest BCUT2D eigenvalue weighted by molar-refractivity contribution is 5.66. The van der Waals surface area contributed by atoms with E-state index in [4.69, 9.17) is 0 Å². The van der Waals surface area contributed by atoms with Crippen molar-refractivity contribution in [1.29, 1.82) is 0 Å². The Morgan fingerprint density at radius 1 is 1.47 bits per heavy atom. The normalized spacial score (nSPS) is 12.9. The quantitative estimate of drug-likeness (QED) is 0.830. The average molecular weight is 204 g/mol. The summed E-state index contributed by atoms with van der Waals surface area (Å²) in [5.41, 5.74) is 1.03. The minimum atomic E-state index is 0.662. The molecule has 0 radical (unpaired) electrons. The van der Waals surface area contributed by atoms with E-state index in [1.807, 2.05) is 16.8 Å². The predicted molar refractivity (Wildman–Crippen MR) is 60.9 cm³/mol. The molecule has 0 aliphatic heterocycles. The predicted octanol–water partition coefficient (Wildman–Crippen LogP) is 2.19. The molecule has 0 aromatic carbocycles. The molecule has 0 bridgehead atoms. The van der Waals surface area contributed by atoms with Crippen LogP contribution in [0.1, 0.15) is 20.3 Å². The molecular formula is C11H16N4. The van der Waals surface area contributed by atoms with E-state index in [0.29, 0.717) is 5.92 Å². The van der Waals surface area contributed by atoms with Crippen molar-refractivity contribution in [2.24, 2.45) is 5.92 Å². The van der Waals surface area contributed by atoms with Crippen molar-refractivity contribution < 1.29 is 0 Å². The van der Waals surface area contributed by atoms with Crippen LogP contribution in [0.25, 0.3) is 5.52 Å². The Morgan fingerprint density at radius 2 is 2.33 bits per heavy atom. The molecule has 4 nitrogen and oxygen atoms in total. The first-order chi connectivity index (χ1) is 7.31. The van der Waals surface area contributed by atoms with E-state index in [-0.39, 0.29) is 0 Å². The highest BCUT2D eigenvalue weighted by Gasteiger charge is 2.03. The van der Waals surface area contributed by atoms with Gasteiger partial charge in [-0.1, -0.05) is 20.3 Å². The van der Waals surface area contributed by atoms with E-state index in [9.17, 15) is 0 Å². The number of fused-ring (bicyclic) bond motifs is 1. The number of anilines is 1. The molecule has 0 fully saturated rings. The summed E-state index contributed by atoms with van der Waals surface area (Å²) in [7, 11) is 0. The van der Waals surface area contributed by atoms with Gasteiger partial charge in [-0.25, -0.2) is 9.50 Å². The SMILES string of the molecule is CCC(C)CNc1nccn2nccc12. The Hall–Kier alpha value is -1.58. The van der Waals surface area contributed by atoms with Crippen molar-refractivity contribution >= 4 is 11.3 Å². The fourth-order valence-electron chi connectivity index (χ4n) is 1.41. The fourth-order valence-corrected chi connectivity index (χ4v) is 1.41. The molecule has 2 rings (SSSR count). The second-order valence-corrected chi connectivity index (χ2v) is 3.83. The van der Waals surface area contributed by atoms with Crippen molar-refractivity contribution in [2.45, 2.75) is 20.3 Å². The van der Waals surface area contributed by atoms with Gasteiger partial charge in [0.15, 0.2) is 5.82 Å². The van der Waals surface area contributed by atoms with Crippen LogP contribution in [0.5, 0.6) is 0 Å². The maximum absolute atomic E-state index is 4.31. The van der Waals surface area contributed by atoms with Gasteiger partial charge >= 0.3 is 0 Å². The Morgan fingerprint density at radius 3 is 3.13 bits per heavy atom. The van der Waals surface area contributed by atoms with Crippen molar-refractivity contribution in [3.8, 4) is 0 Å². The minimum Gasteiger partial charge on any atom is -0.368 e. The summed E-state index contributed by atoms with van der Waals surface area (Å²) in [5.74, 6) is 1.57. The summed E-state index contributed by atoms with van der Waals surface area (Å²) in [4.78, 5) is 4.31. The number of aromatic nitrogens is 3. The molecule has 0 spiro atoms. The first-order valence-electron chi connectivity index (χ1n) is 5.33. The maximum Gasteiger partial charge on any atom is 0.152 e. The number of nitrogens with zero attached hydrogens (tertiary/aromatic N) is 3. The van der Waals surface area contributed by atoms with Crippen molar-refractivity contribution in [1.82, 2.24) is 14.6 Å². The molecule has 2 aromatic rings. The molecule has 4 heteroatoms. The van der Waals surface area contributed by atoms with Gasteiger partial charge in [0.1, 0.15) is 5.52 Å². The van der Waals surface area contributed by atoms with Crippen LogP contribution in [-0.2, 0) is 0 Å². The zero-order valence-electron chi connectivity index (χ0n) is 9.14. The fraction of sp³-hybridized carbons (Fsp3) is 0.455. The van der Waals surface area contributed by atoms with Gasteiger partial charge in [0.05, 0.1) is 6.20 Å². The van der Waals surface area contributed by atoms with E-state index in [1.54, 1.807) is 12.4 Å². The third kappa shape index (κ3) is 2.09. The molecule has 0 aliphatic rings. The van der Waals surface area contributed by atoms with Gasteiger partial charge in [0, 0.05) is 18.9 Å². The number of rotatable bonds is 4. The number of hydrogen-bond acceptors (Lipinski definition) is 3. The van der Waals surface area contributed by atoms with Crippen LogP contribution in [0.2, 0.25) is 0 Å². The largest absolute Gasteiger partial charge is 0.368 e. The van der Waals surface area contributed by atoms with Crippen LogP contribution in [0.3, 0.4) is 0 Å². The molecule has 15 heavy (non-hydrogen) atoms. The van der Waals surface area contributed by atoms with Crippen molar-refractivity contribution in [3.63, 3.8) is 0 Å². The van der Waals surface area contributed by atoms with Gasteiger partial charge in [0.2, 0.25) is 0 Å². The standard InChI is InChI=1S/C11H16N4/c1-3-9(2)8-13-11-10-4-5-14-15(10)7-6-12-11/h4-7,9H,3,8H2,1-2H3,(H,12,13). The molecule has 2 aromatic heterocycles. The first-order valence-corrected chi connectivity index (χ1v) is 5.33. The minimum absolute atomic E-state index is 0.662. The van der Waals surface area contributed by atoms with E-state index in [0.717, 1.165) is 17.9 Å². The molecule has 0 amide bonds. The average Bonchev–Trinajstić information content (AvgIpc) is 2.74. The molecule has 0 saturated carbocycles. The first kappa shape index (κ1) is 9.96. The van der Waals surface area contributed by atoms with Crippen LogP contribution in [0.4, 0.5) is 5.82 Å². The molecule has 2 heterocycles. The van der Waals surface area contributed by atoms with Gasteiger partial charge in [-0.2, -0.15) is 5.10 Å². The van der Waals surface area contributed by atoms with E-state index in [1.165, 1.54) is 6.42 Å². The second-order valence-electron chi connectivity index (χ2n) is 3.83. The van der Waals surface area contributed by atoms with Gasteiger partial charge < -0.3 is 5.32 Å². The Kier molecular flexibility index (Phi) is 2.85. The third-order valence-electron chi connectivity index (χ3n) is 2.64. The third-order valence-corrected chi connectivity index (χ3v) is 2.64. The van der Waals surface area contributed by atoms with Crippen LogP contribution >= 0.6 is 0 Å². The molecule has 1 unspecified atom stereocenters. The van der Waals surface area contributed by atoms with Crippen molar-refractivity contribution in [3.05, 3.63) is 24.7 Å².